The summed E-state index contributed by atoms with van der Waals surface area (Å²) in [5.74, 6) is 1.21. The normalized spacial score (nSPS) is 16.5. The van der Waals surface area contributed by atoms with Gasteiger partial charge in [0, 0.05) is 23.7 Å². The summed E-state index contributed by atoms with van der Waals surface area (Å²) in [5.41, 5.74) is 1.59. The molecule has 0 radical (unpaired) electrons. The van der Waals surface area contributed by atoms with Gasteiger partial charge in [0.2, 0.25) is 5.91 Å². The summed E-state index contributed by atoms with van der Waals surface area (Å²) in [7, 11) is 0. The van der Waals surface area contributed by atoms with E-state index in [2.05, 4.69) is 0 Å². The van der Waals surface area contributed by atoms with E-state index in [1.54, 1.807) is 30.0 Å². The van der Waals surface area contributed by atoms with Gasteiger partial charge in [0.1, 0.15) is 18.5 Å². The van der Waals surface area contributed by atoms with Crippen molar-refractivity contribution < 1.29 is 19.1 Å². The van der Waals surface area contributed by atoms with Crippen molar-refractivity contribution in [3.05, 3.63) is 70.1 Å². The zero-order valence-corrected chi connectivity index (χ0v) is 19.0. The Morgan fingerprint density at radius 3 is 2.84 bits per heavy atom. The van der Waals surface area contributed by atoms with Gasteiger partial charge < -0.3 is 14.4 Å². The van der Waals surface area contributed by atoms with Crippen LogP contribution < -0.4 is 4.74 Å². The fourth-order valence-electron chi connectivity index (χ4n) is 3.20. The predicted molar refractivity (Wildman–Crippen MR) is 126 cm³/mol. The molecular formula is C24H26ClNO4S. The van der Waals surface area contributed by atoms with E-state index >= 15 is 0 Å². The second-order valence-corrected chi connectivity index (χ2v) is 8.62. The number of thioether (sulfide) groups is 1. The van der Waals surface area contributed by atoms with Gasteiger partial charge in [-0.25, -0.2) is 0 Å². The lowest BCUT2D eigenvalue weighted by Crippen LogP contribution is -2.47. The van der Waals surface area contributed by atoms with E-state index in [0.29, 0.717) is 42.5 Å². The molecule has 1 aliphatic heterocycles. The summed E-state index contributed by atoms with van der Waals surface area (Å²) in [6.07, 6.45) is 2.28. The van der Waals surface area contributed by atoms with E-state index in [0.717, 1.165) is 11.3 Å². The summed E-state index contributed by atoms with van der Waals surface area (Å²) < 4.78 is 11.6. The van der Waals surface area contributed by atoms with Crippen LogP contribution in [0.5, 0.6) is 5.75 Å². The minimum Gasteiger partial charge on any atom is -0.490 e. The summed E-state index contributed by atoms with van der Waals surface area (Å²) in [6.45, 7) is 3.27. The number of morpholine rings is 1. The highest BCUT2D eigenvalue weighted by Crippen LogP contribution is 2.24. The number of carbonyl (C=O) groups is 2. The number of carbonyl (C=O) groups excluding carboxylic acids is 2. The Labute approximate surface area is 192 Å². The molecule has 31 heavy (non-hydrogen) atoms. The Balaban J connectivity index is 1.43. The van der Waals surface area contributed by atoms with Crippen molar-refractivity contribution in [3.63, 3.8) is 0 Å². The molecule has 1 fully saturated rings. The van der Waals surface area contributed by atoms with E-state index < -0.39 is 0 Å². The van der Waals surface area contributed by atoms with Gasteiger partial charge in [-0.15, -0.1) is 11.8 Å². The fourth-order valence-corrected chi connectivity index (χ4v) is 4.05. The number of ketones is 1. The van der Waals surface area contributed by atoms with E-state index in [1.165, 1.54) is 6.92 Å². The lowest BCUT2D eigenvalue weighted by atomic mass is 10.1. The Morgan fingerprint density at radius 2 is 2.06 bits per heavy atom. The van der Waals surface area contributed by atoms with Gasteiger partial charge in [0.05, 0.1) is 18.7 Å². The molecule has 0 bridgehead atoms. The largest absolute Gasteiger partial charge is 0.490 e. The van der Waals surface area contributed by atoms with Crippen molar-refractivity contribution in [1.29, 1.82) is 0 Å². The summed E-state index contributed by atoms with van der Waals surface area (Å²) in [5, 5.41) is 2.51. The molecule has 0 aliphatic carbocycles. The molecule has 1 atom stereocenters. The van der Waals surface area contributed by atoms with Crippen molar-refractivity contribution in [1.82, 2.24) is 4.90 Å². The third-order valence-corrected chi connectivity index (χ3v) is 5.83. The number of Topliss-reactive ketones (excluding diaryl/α,β-unsaturated/α-hetero) is 1. The molecule has 3 rings (SSSR count). The van der Waals surface area contributed by atoms with Gasteiger partial charge in [0.25, 0.3) is 0 Å². The van der Waals surface area contributed by atoms with Crippen molar-refractivity contribution in [2.45, 2.75) is 19.4 Å². The van der Waals surface area contributed by atoms with Gasteiger partial charge in [-0.2, -0.15) is 0 Å². The van der Waals surface area contributed by atoms with Crippen molar-refractivity contribution in [2.75, 3.05) is 32.1 Å². The Hall–Kier alpha value is -2.28. The van der Waals surface area contributed by atoms with E-state index in [4.69, 9.17) is 21.1 Å². The van der Waals surface area contributed by atoms with Crippen molar-refractivity contribution >= 4 is 41.1 Å². The quantitative estimate of drug-likeness (QED) is 0.392. The topological polar surface area (TPSA) is 55.8 Å². The van der Waals surface area contributed by atoms with Crippen molar-refractivity contribution in [2.24, 2.45) is 0 Å². The SMILES string of the molecule is CC(=O)c1cc(Cl)ccc1OCC1CN(C(=O)CCSC=Cc2ccccc2)CCO1. The summed E-state index contributed by atoms with van der Waals surface area (Å²) in [6, 6.07) is 15.0. The molecule has 1 unspecified atom stereocenters. The molecule has 1 saturated heterocycles. The molecule has 164 valence electrons. The average molecular weight is 460 g/mol. The van der Waals surface area contributed by atoms with Crippen LogP contribution in [0.3, 0.4) is 0 Å². The van der Waals surface area contributed by atoms with Crippen molar-refractivity contribution in [3.8, 4) is 5.75 Å². The number of ether oxygens (including phenoxy) is 2. The Bertz CT molecular complexity index is 919. The van der Waals surface area contributed by atoms with Crippen LogP contribution >= 0.6 is 23.4 Å². The van der Waals surface area contributed by atoms with Crippen LogP contribution in [0.2, 0.25) is 5.02 Å². The second-order valence-electron chi connectivity index (χ2n) is 7.17. The van der Waals surface area contributed by atoms with Crippen LogP contribution in [-0.2, 0) is 9.53 Å². The first-order chi connectivity index (χ1) is 15.0. The molecule has 1 amide bonds. The lowest BCUT2D eigenvalue weighted by Gasteiger charge is -2.33. The number of amides is 1. The lowest BCUT2D eigenvalue weighted by molar-refractivity contribution is -0.139. The number of rotatable bonds is 9. The minimum absolute atomic E-state index is 0.113. The maximum atomic E-state index is 12.6. The van der Waals surface area contributed by atoms with Crippen LogP contribution in [0, 0.1) is 0 Å². The Morgan fingerprint density at radius 1 is 1.26 bits per heavy atom. The maximum absolute atomic E-state index is 12.6. The van der Waals surface area contributed by atoms with Gasteiger partial charge in [-0.3, -0.25) is 9.59 Å². The number of hydrogen-bond donors (Lipinski definition) is 0. The highest BCUT2D eigenvalue weighted by molar-refractivity contribution is 8.02. The average Bonchev–Trinajstić information content (AvgIpc) is 2.78. The fraction of sp³-hybridized carbons (Fsp3) is 0.333. The van der Waals surface area contributed by atoms with Gasteiger partial charge in [-0.1, -0.05) is 41.9 Å². The zero-order chi connectivity index (χ0) is 22.1. The highest BCUT2D eigenvalue weighted by atomic mass is 35.5. The van der Waals surface area contributed by atoms with E-state index in [9.17, 15) is 9.59 Å². The molecule has 0 spiro atoms. The van der Waals surface area contributed by atoms with Gasteiger partial charge in [0.15, 0.2) is 5.78 Å². The molecule has 0 aromatic heterocycles. The summed E-state index contributed by atoms with van der Waals surface area (Å²) in [4.78, 5) is 26.2. The molecule has 0 N–H and O–H groups in total. The number of hydrogen-bond acceptors (Lipinski definition) is 5. The standard InChI is InChI=1S/C24H26ClNO4S/c1-18(27)22-15-20(25)7-8-23(22)30-17-21-16-26(11-12-29-21)24(28)10-14-31-13-9-19-5-3-2-4-6-19/h2-9,13,15,21H,10-12,14,16-17H2,1H3. The number of nitrogens with zero attached hydrogens (tertiary/aromatic N) is 1. The predicted octanol–water partition coefficient (Wildman–Crippen LogP) is 4.94. The second kappa shape index (κ2) is 11.9. The first-order valence-electron chi connectivity index (χ1n) is 10.2. The van der Waals surface area contributed by atoms with Gasteiger partial charge >= 0.3 is 0 Å². The first-order valence-corrected chi connectivity index (χ1v) is 11.6. The third-order valence-electron chi connectivity index (χ3n) is 4.83. The molecule has 2 aromatic carbocycles. The zero-order valence-electron chi connectivity index (χ0n) is 17.5. The minimum atomic E-state index is -0.237. The molecule has 0 saturated carbocycles. The molecule has 1 heterocycles. The molecule has 7 heteroatoms. The summed E-state index contributed by atoms with van der Waals surface area (Å²) >= 11 is 7.60. The van der Waals surface area contributed by atoms with Crippen LogP contribution in [0.4, 0.5) is 0 Å². The van der Waals surface area contributed by atoms with Crippen LogP contribution in [0.1, 0.15) is 29.3 Å². The third kappa shape index (κ3) is 7.42. The van der Waals surface area contributed by atoms with E-state index in [1.807, 2.05) is 46.7 Å². The smallest absolute Gasteiger partial charge is 0.223 e. The monoisotopic (exact) mass is 459 g/mol. The Kier molecular flexibility index (Phi) is 9.00. The molecule has 1 aliphatic rings. The van der Waals surface area contributed by atoms with E-state index in [-0.39, 0.29) is 24.4 Å². The number of halogens is 1. The first kappa shape index (κ1) is 23.4. The molecule has 5 nitrogen and oxygen atoms in total. The highest BCUT2D eigenvalue weighted by Gasteiger charge is 2.25. The van der Waals surface area contributed by atoms with Crippen LogP contribution in [-0.4, -0.2) is 54.8 Å². The maximum Gasteiger partial charge on any atom is 0.223 e. The van der Waals surface area contributed by atoms with Gasteiger partial charge in [-0.05, 0) is 42.2 Å². The number of benzene rings is 2. The van der Waals surface area contributed by atoms with Crippen LogP contribution in [0.25, 0.3) is 6.08 Å². The van der Waals surface area contributed by atoms with Crippen LogP contribution in [0.15, 0.2) is 53.9 Å². The molecular weight excluding hydrogens is 434 g/mol. The molecule has 2 aromatic rings.